The summed E-state index contributed by atoms with van der Waals surface area (Å²) < 4.78 is 4.56. The highest BCUT2D eigenvalue weighted by molar-refractivity contribution is 8.00. The molecule has 70 valence electrons. The summed E-state index contributed by atoms with van der Waals surface area (Å²) in [5, 5.41) is 10.9. The highest BCUT2D eigenvalue weighted by Crippen LogP contribution is 2.22. The first kappa shape index (κ1) is 12.2. The number of nitrogens with one attached hydrogen (secondary N) is 1. The molecule has 0 heterocycles. The fraction of sp³-hybridized carbons (Fsp3) is 0.500. The smallest absolute Gasteiger partial charge is 0.321 e. The minimum absolute atomic E-state index is 0.0278. The van der Waals surface area contributed by atoms with E-state index in [1.165, 1.54) is 0 Å². The minimum Gasteiger partial charge on any atom is -0.480 e. The molecular formula is C4H10NO4P3. The molecule has 0 saturated heterocycles. The molecule has 0 aliphatic heterocycles. The number of rotatable bonds is 5. The average molecular weight is 229 g/mol. The van der Waals surface area contributed by atoms with Crippen molar-refractivity contribution < 1.29 is 19.2 Å². The molecule has 4 atom stereocenters. The van der Waals surface area contributed by atoms with Gasteiger partial charge in [-0.2, -0.15) is 0 Å². The first-order chi connectivity index (χ1) is 5.61. The number of carboxylic acids is 1. The van der Waals surface area contributed by atoms with Gasteiger partial charge in [0.05, 0.1) is 14.9 Å². The van der Waals surface area contributed by atoms with Crippen LogP contribution in [0.5, 0.6) is 0 Å². The van der Waals surface area contributed by atoms with E-state index in [0.717, 1.165) is 0 Å². The molecule has 2 N–H and O–H groups in total. The third-order valence-corrected chi connectivity index (χ3v) is 2.14. The molecule has 0 saturated carbocycles. The number of aliphatic carboxylic acids is 1. The molecule has 0 spiro atoms. The first-order valence-corrected chi connectivity index (χ1v) is 6.25. The lowest BCUT2D eigenvalue weighted by Gasteiger charge is -2.08. The molecule has 0 aliphatic rings. The highest BCUT2D eigenvalue weighted by Gasteiger charge is 2.19. The molecule has 4 unspecified atom stereocenters. The topological polar surface area (TPSA) is 75.6 Å². The predicted molar refractivity (Wildman–Crippen MR) is 53.0 cm³/mol. The van der Waals surface area contributed by atoms with E-state index < -0.39 is 18.0 Å². The van der Waals surface area contributed by atoms with E-state index in [1.54, 1.807) is 0 Å². The number of hydrogen-bond donors (Lipinski definition) is 2. The van der Waals surface area contributed by atoms with Crippen molar-refractivity contribution in [1.29, 1.82) is 0 Å². The van der Waals surface area contributed by atoms with Crippen LogP contribution in [0.4, 0.5) is 0 Å². The molecule has 0 amide bonds. The Hall–Kier alpha value is 0.190. The maximum Gasteiger partial charge on any atom is 0.321 e. The van der Waals surface area contributed by atoms with Gasteiger partial charge in [-0.25, -0.2) is 0 Å². The van der Waals surface area contributed by atoms with Gasteiger partial charge in [-0.3, -0.25) is 14.7 Å². The van der Waals surface area contributed by atoms with Crippen LogP contribution in [0.25, 0.3) is 0 Å². The summed E-state index contributed by atoms with van der Waals surface area (Å²) in [5.74, 6) is -1.60. The van der Waals surface area contributed by atoms with Gasteiger partial charge in [-0.15, -0.1) is 0 Å². The van der Waals surface area contributed by atoms with Crippen molar-refractivity contribution in [2.24, 2.45) is 0 Å². The molecule has 0 rings (SSSR count). The molecule has 8 heteroatoms. The molecular weight excluding hydrogens is 219 g/mol. The Balaban J connectivity index is 3.85. The Morgan fingerprint density at radius 3 is 2.58 bits per heavy atom. The highest BCUT2D eigenvalue weighted by atomic mass is 32.0. The van der Waals surface area contributed by atoms with Gasteiger partial charge in [0.25, 0.3) is 0 Å². The van der Waals surface area contributed by atoms with Crippen LogP contribution in [0.1, 0.15) is 6.42 Å². The molecule has 0 aromatic heterocycles. The van der Waals surface area contributed by atoms with Crippen molar-refractivity contribution in [3.63, 3.8) is 0 Å². The summed E-state index contributed by atoms with van der Waals surface area (Å²) in [6.07, 6.45) is -0.166. The number of hydrogen-bond acceptors (Lipinski definition) is 4. The van der Waals surface area contributed by atoms with Gasteiger partial charge in [0, 0.05) is 0 Å². The van der Waals surface area contributed by atoms with Crippen LogP contribution >= 0.6 is 26.8 Å². The van der Waals surface area contributed by atoms with Gasteiger partial charge < -0.3 is 9.63 Å². The lowest BCUT2D eigenvalue weighted by atomic mass is 10.2. The van der Waals surface area contributed by atoms with Crippen LogP contribution in [0.2, 0.25) is 0 Å². The Kier molecular flexibility index (Phi) is 6.78. The van der Waals surface area contributed by atoms with Crippen LogP contribution in [0, 0.1) is 0 Å². The first-order valence-electron chi connectivity index (χ1n) is 2.96. The summed E-state index contributed by atoms with van der Waals surface area (Å²) in [7, 11) is 4.26. The second kappa shape index (κ2) is 6.68. The van der Waals surface area contributed by atoms with E-state index in [0.29, 0.717) is 0 Å². The lowest BCUT2D eigenvalue weighted by molar-refractivity contribution is -0.143. The monoisotopic (exact) mass is 229 g/mol. The van der Waals surface area contributed by atoms with E-state index in [1.807, 2.05) is 9.39 Å². The SMILES string of the molecule is O=C(CC(NP)C(=O)O)OPP. The average Bonchev–Trinajstić information content (AvgIpc) is 2.00. The van der Waals surface area contributed by atoms with Crippen molar-refractivity contribution in [3.05, 3.63) is 0 Å². The van der Waals surface area contributed by atoms with Crippen molar-refractivity contribution >= 4 is 38.8 Å². The normalized spacial score (nSPS) is 13.2. The number of carbonyl (C=O) groups is 2. The largest absolute Gasteiger partial charge is 0.480 e. The minimum atomic E-state index is -1.07. The fourth-order valence-electron chi connectivity index (χ4n) is 0.492. The van der Waals surface area contributed by atoms with Crippen molar-refractivity contribution in [2.75, 3.05) is 0 Å². The van der Waals surface area contributed by atoms with Crippen LogP contribution in [-0.4, -0.2) is 23.1 Å². The lowest BCUT2D eigenvalue weighted by Crippen LogP contribution is -2.32. The molecule has 0 radical (unpaired) electrons. The summed E-state index contributed by atoms with van der Waals surface area (Å²) in [6, 6.07) is -0.899. The van der Waals surface area contributed by atoms with Gasteiger partial charge in [0.2, 0.25) is 0 Å². The van der Waals surface area contributed by atoms with Gasteiger partial charge in [0.15, 0.2) is 0 Å². The van der Waals surface area contributed by atoms with E-state index in [4.69, 9.17) is 5.11 Å². The molecule has 0 aromatic rings. The zero-order valence-corrected chi connectivity index (χ0v) is 9.42. The maximum atomic E-state index is 10.8. The molecule has 12 heavy (non-hydrogen) atoms. The number of carboxylic acid groups (broad SMARTS) is 1. The fourth-order valence-corrected chi connectivity index (χ4v) is 1.36. The molecule has 0 aliphatic carbocycles. The predicted octanol–water partition coefficient (Wildman–Crippen LogP) is 0.136. The Morgan fingerprint density at radius 1 is 1.67 bits per heavy atom. The van der Waals surface area contributed by atoms with E-state index in [2.05, 4.69) is 18.5 Å². The summed E-state index contributed by atoms with van der Waals surface area (Å²) in [5.41, 5.74) is 0. The van der Waals surface area contributed by atoms with Crippen molar-refractivity contribution in [3.8, 4) is 0 Å². The van der Waals surface area contributed by atoms with Crippen LogP contribution in [0.15, 0.2) is 0 Å². The zero-order valence-electron chi connectivity index (χ0n) is 6.11. The van der Waals surface area contributed by atoms with Gasteiger partial charge in [-0.05, 0) is 0 Å². The Labute approximate surface area is 76.2 Å². The van der Waals surface area contributed by atoms with E-state index in [9.17, 15) is 9.59 Å². The Morgan fingerprint density at radius 2 is 2.25 bits per heavy atom. The number of carbonyl (C=O) groups excluding carboxylic acids is 1. The molecule has 5 nitrogen and oxygen atoms in total. The van der Waals surface area contributed by atoms with Gasteiger partial charge >= 0.3 is 11.9 Å². The van der Waals surface area contributed by atoms with E-state index >= 15 is 0 Å². The molecule has 0 bridgehead atoms. The van der Waals surface area contributed by atoms with Gasteiger partial charge in [-0.1, -0.05) is 18.3 Å². The maximum absolute atomic E-state index is 10.8. The van der Waals surface area contributed by atoms with Crippen LogP contribution in [0.3, 0.4) is 0 Å². The zero-order chi connectivity index (χ0) is 9.56. The van der Waals surface area contributed by atoms with Crippen LogP contribution < -0.4 is 5.09 Å². The summed E-state index contributed by atoms with van der Waals surface area (Å²) >= 11 is 0. The second-order valence-corrected chi connectivity index (χ2v) is 3.33. The van der Waals surface area contributed by atoms with Crippen molar-refractivity contribution in [2.45, 2.75) is 12.5 Å². The Bertz CT molecular complexity index is 176. The third kappa shape index (κ3) is 4.95. The summed E-state index contributed by atoms with van der Waals surface area (Å²) in [4.78, 5) is 21.2. The standard InChI is InChI=1S/C4H10NO4P3/c6-3(9-12-11)1-2(5-10)4(7)8/h2,5,12H,1,10-11H2,(H,7,8). The second-order valence-electron chi connectivity index (χ2n) is 1.85. The molecule has 0 aromatic carbocycles. The quantitative estimate of drug-likeness (QED) is 0.655. The van der Waals surface area contributed by atoms with Crippen molar-refractivity contribution in [1.82, 2.24) is 5.09 Å². The van der Waals surface area contributed by atoms with Crippen LogP contribution in [-0.2, 0) is 14.1 Å². The molecule has 0 fully saturated rings. The third-order valence-electron chi connectivity index (χ3n) is 1.04. The van der Waals surface area contributed by atoms with Gasteiger partial charge in [0.1, 0.15) is 6.04 Å². The van der Waals surface area contributed by atoms with E-state index in [-0.39, 0.29) is 14.9 Å². The summed E-state index contributed by atoms with van der Waals surface area (Å²) in [6.45, 7) is 0.